The van der Waals surface area contributed by atoms with Crippen LogP contribution < -0.4 is 14.4 Å². The van der Waals surface area contributed by atoms with Gasteiger partial charge in [-0.2, -0.15) is 0 Å². The molecule has 0 aliphatic rings. The SMILES string of the molecule is COc1ccc(OC)c2sc(N(CCCn3ccnc3)C(=O)c3cccs3)nc12.Cl. The molecule has 1 aromatic carbocycles. The smallest absolute Gasteiger partial charge is 0.270 e. The number of hydrogen-bond donors (Lipinski definition) is 0. The Labute approximate surface area is 188 Å². The molecule has 0 spiro atoms. The number of imidazole rings is 1. The van der Waals surface area contributed by atoms with Crippen LogP contribution in [0.25, 0.3) is 10.2 Å². The van der Waals surface area contributed by atoms with Crippen molar-refractivity contribution in [1.82, 2.24) is 14.5 Å². The molecule has 0 aliphatic carbocycles. The fourth-order valence-corrected chi connectivity index (χ4v) is 4.81. The highest BCUT2D eigenvalue weighted by molar-refractivity contribution is 7.23. The molecule has 0 N–H and O–H groups in total. The number of benzene rings is 1. The van der Waals surface area contributed by atoms with Crippen LogP contribution in [-0.2, 0) is 6.54 Å². The van der Waals surface area contributed by atoms with Gasteiger partial charge in [-0.05, 0) is 30.0 Å². The maximum Gasteiger partial charge on any atom is 0.270 e. The molecule has 7 nitrogen and oxygen atoms in total. The van der Waals surface area contributed by atoms with E-state index >= 15 is 0 Å². The van der Waals surface area contributed by atoms with E-state index in [1.165, 1.54) is 22.7 Å². The zero-order chi connectivity index (χ0) is 20.2. The molecule has 10 heteroatoms. The molecule has 0 radical (unpaired) electrons. The molecule has 0 aliphatic heterocycles. The summed E-state index contributed by atoms with van der Waals surface area (Å²) in [7, 11) is 3.24. The van der Waals surface area contributed by atoms with E-state index in [-0.39, 0.29) is 18.3 Å². The number of thiophene rings is 1. The van der Waals surface area contributed by atoms with Crippen molar-refractivity contribution in [3.8, 4) is 11.5 Å². The van der Waals surface area contributed by atoms with Crippen LogP contribution in [0, 0.1) is 0 Å². The third kappa shape index (κ3) is 4.43. The van der Waals surface area contributed by atoms with E-state index in [1.807, 2.05) is 40.4 Å². The largest absolute Gasteiger partial charge is 0.495 e. The first-order valence-electron chi connectivity index (χ1n) is 9.04. The third-order valence-corrected chi connectivity index (χ3v) is 6.41. The van der Waals surface area contributed by atoms with Gasteiger partial charge in [0.2, 0.25) is 0 Å². The van der Waals surface area contributed by atoms with Gasteiger partial charge in [-0.15, -0.1) is 23.7 Å². The summed E-state index contributed by atoms with van der Waals surface area (Å²) in [5, 5.41) is 2.54. The molecule has 158 valence electrons. The lowest BCUT2D eigenvalue weighted by Gasteiger charge is -2.19. The number of methoxy groups -OCH3 is 2. The number of aromatic nitrogens is 3. The van der Waals surface area contributed by atoms with Crippen LogP contribution in [0.5, 0.6) is 11.5 Å². The fourth-order valence-electron chi connectivity index (χ4n) is 3.04. The Balaban J connectivity index is 0.00000256. The van der Waals surface area contributed by atoms with Crippen LogP contribution in [0.4, 0.5) is 5.13 Å². The minimum absolute atomic E-state index is 0. The van der Waals surface area contributed by atoms with Gasteiger partial charge in [0.25, 0.3) is 5.91 Å². The average Bonchev–Trinajstić information content (AvgIpc) is 3.51. The summed E-state index contributed by atoms with van der Waals surface area (Å²) in [6, 6.07) is 7.40. The maximum atomic E-state index is 13.2. The predicted molar refractivity (Wildman–Crippen MR) is 123 cm³/mol. The molecule has 0 saturated carbocycles. The highest BCUT2D eigenvalue weighted by Gasteiger charge is 2.24. The van der Waals surface area contributed by atoms with Gasteiger partial charge in [0.1, 0.15) is 21.7 Å². The average molecular weight is 465 g/mol. The van der Waals surface area contributed by atoms with Crippen LogP contribution >= 0.6 is 35.1 Å². The van der Waals surface area contributed by atoms with Crippen molar-refractivity contribution in [2.45, 2.75) is 13.0 Å². The molecule has 0 bridgehead atoms. The molecule has 30 heavy (non-hydrogen) atoms. The summed E-state index contributed by atoms with van der Waals surface area (Å²) in [4.78, 5) is 24.4. The Bertz CT molecular complexity index is 1060. The number of hydrogen-bond acceptors (Lipinski definition) is 7. The number of carbonyl (C=O) groups is 1. The Hall–Kier alpha value is -2.62. The van der Waals surface area contributed by atoms with Crippen LogP contribution in [0.2, 0.25) is 0 Å². The Morgan fingerprint density at radius 3 is 2.67 bits per heavy atom. The molecule has 0 saturated heterocycles. The van der Waals surface area contributed by atoms with Gasteiger partial charge in [0.15, 0.2) is 5.13 Å². The number of anilines is 1. The molecular weight excluding hydrogens is 444 g/mol. The monoisotopic (exact) mass is 464 g/mol. The summed E-state index contributed by atoms with van der Waals surface area (Å²) >= 11 is 2.86. The van der Waals surface area contributed by atoms with Crippen molar-refractivity contribution in [3.05, 3.63) is 53.2 Å². The molecule has 3 aromatic heterocycles. The third-order valence-electron chi connectivity index (χ3n) is 4.46. The molecule has 0 unspecified atom stereocenters. The summed E-state index contributed by atoms with van der Waals surface area (Å²) in [5.41, 5.74) is 0.699. The minimum atomic E-state index is -0.0531. The fraction of sp³-hybridized carbons (Fsp3) is 0.250. The Kier molecular flexibility index (Phi) is 7.30. The summed E-state index contributed by atoms with van der Waals surface area (Å²) in [6.07, 6.45) is 6.22. The van der Waals surface area contributed by atoms with Gasteiger partial charge in [-0.1, -0.05) is 17.4 Å². The number of aryl methyl sites for hydroxylation is 1. The number of amides is 1. The van der Waals surface area contributed by atoms with Gasteiger partial charge in [-0.25, -0.2) is 9.97 Å². The van der Waals surface area contributed by atoms with E-state index < -0.39 is 0 Å². The highest BCUT2D eigenvalue weighted by Crippen LogP contribution is 2.40. The molecule has 0 fully saturated rings. The number of fused-ring (bicyclic) bond motifs is 1. The summed E-state index contributed by atoms with van der Waals surface area (Å²) in [6.45, 7) is 1.31. The van der Waals surface area contributed by atoms with Crippen molar-refractivity contribution in [3.63, 3.8) is 0 Å². The number of carbonyl (C=O) groups excluding carboxylic acids is 1. The van der Waals surface area contributed by atoms with Gasteiger partial charge in [0, 0.05) is 25.5 Å². The summed E-state index contributed by atoms with van der Waals surface area (Å²) < 4.78 is 13.8. The first kappa shape index (κ1) is 22.1. The molecule has 0 atom stereocenters. The van der Waals surface area contributed by atoms with Crippen LogP contribution in [0.15, 0.2) is 48.4 Å². The zero-order valence-electron chi connectivity index (χ0n) is 16.5. The summed E-state index contributed by atoms with van der Waals surface area (Å²) in [5.74, 6) is 1.32. The van der Waals surface area contributed by atoms with Gasteiger partial charge in [0.05, 0.1) is 25.4 Å². The zero-order valence-corrected chi connectivity index (χ0v) is 18.9. The molecule has 4 aromatic rings. The lowest BCUT2D eigenvalue weighted by atomic mass is 10.3. The van der Waals surface area contributed by atoms with Crippen molar-refractivity contribution >= 4 is 56.3 Å². The van der Waals surface area contributed by atoms with Crippen molar-refractivity contribution in [2.75, 3.05) is 25.7 Å². The van der Waals surface area contributed by atoms with Crippen molar-refractivity contribution in [1.29, 1.82) is 0 Å². The Morgan fingerprint density at radius 1 is 1.20 bits per heavy atom. The van der Waals surface area contributed by atoms with E-state index in [0.29, 0.717) is 33.6 Å². The quantitative estimate of drug-likeness (QED) is 0.377. The van der Waals surface area contributed by atoms with Crippen molar-refractivity contribution < 1.29 is 14.3 Å². The number of halogens is 1. The molecule has 4 rings (SSSR count). The lowest BCUT2D eigenvalue weighted by molar-refractivity contribution is 0.0990. The van der Waals surface area contributed by atoms with E-state index in [1.54, 1.807) is 31.6 Å². The number of nitrogens with zero attached hydrogens (tertiary/aromatic N) is 4. The second-order valence-electron chi connectivity index (χ2n) is 6.23. The molecule has 1 amide bonds. The molecular formula is C20H21ClN4O3S2. The number of ether oxygens (including phenoxy) is 2. The Morgan fingerprint density at radius 2 is 2.00 bits per heavy atom. The number of rotatable bonds is 8. The lowest BCUT2D eigenvalue weighted by Crippen LogP contribution is -2.31. The number of thiazole rings is 1. The maximum absolute atomic E-state index is 13.2. The van der Waals surface area contributed by atoms with Gasteiger partial charge >= 0.3 is 0 Å². The predicted octanol–water partition coefficient (Wildman–Crippen LogP) is 4.73. The van der Waals surface area contributed by atoms with Crippen LogP contribution in [0.3, 0.4) is 0 Å². The van der Waals surface area contributed by atoms with Crippen LogP contribution in [-0.4, -0.2) is 41.2 Å². The minimum Gasteiger partial charge on any atom is -0.495 e. The van der Waals surface area contributed by atoms with Gasteiger partial charge in [-0.3, -0.25) is 9.69 Å². The normalized spacial score (nSPS) is 10.6. The van der Waals surface area contributed by atoms with E-state index in [2.05, 4.69) is 4.98 Å². The second-order valence-corrected chi connectivity index (χ2v) is 8.16. The van der Waals surface area contributed by atoms with Crippen LogP contribution in [0.1, 0.15) is 16.1 Å². The first-order valence-corrected chi connectivity index (χ1v) is 10.7. The second kappa shape index (κ2) is 9.92. The van der Waals surface area contributed by atoms with Gasteiger partial charge < -0.3 is 14.0 Å². The topological polar surface area (TPSA) is 69.5 Å². The first-order chi connectivity index (χ1) is 14.2. The molecule has 3 heterocycles. The highest BCUT2D eigenvalue weighted by atomic mass is 35.5. The standard InChI is InChI=1S/C20H20N4O3S2.ClH/c1-26-14-6-7-15(27-2)18-17(14)22-20(29-18)24(19(25)16-5-3-12-28-16)10-4-9-23-11-8-21-13-23;/h3,5-8,11-13H,4,9-10H2,1-2H3;1H. The van der Waals surface area contributed by atoms with E-state index in [0.717, 1.165) is 17.7 Å². The van der Waals surface area contributed by atoms with E-state index in [4.69, 9.17) is 14.5 Å². The van der Waals surface area contributed by atoms with Crippen molar-refractivity contribution in [2.24, 2.45) is 0 Å². The van der Waals surface area contributed by atoms with E-state index in [9.17, 15) is 4.79 Å².